The molecule has 0 saturated heterocycles. The quantitative estimate of drug-likeness (QED) is 0.587. The second-order valence-electron chi connectivity index (χ2n) is 5.55. The summed E-state index contributed by atoms with van der Waals surface area (Å²) in [5, 5.41) is 14.2. The number of nitrogens with zero attached hydrogens (tertiary/aromatic N) is 3. The van der Waals surface area contributed by atoms with Crippen molar-refractivity contribution in [2.45, 2.75) is 25.4 Å². The van der Waals surface area contributed by atoms with Gasteiger partial charge in [-0.05, 0) is 23.4 Å². The largest absolute Gasteiger partial charge is 0.352 e. The van der Waals surface area contributed by atoms with Gasteiger partial charge in [-0.2, -0.15) is 0 Å². The number of thioether (sulfide) groups is 1. The van der Waals surface area contributed by atoms with E-state index in [1.165, 1.54) is 0 Å². The third kappa shape index (κ3) is 5.84. The third-order valence-corrected chi connectivity index (χ3v) is 5.35. The molecule has 23 heavy (non-hydrogen) atoms. The highest BCUT2D eigenvalue weighted by molar-refractivity contribution is 7.99. The molecule has 2 aromatic heterocycles. The van der Waals surface area contributed by atoms with Crippen molar-refractivity contribution in [3.05, 3.63) is 34.3 Å². The number of hydrogen-bond donors (Lipinski definition) is 1. The van der Waals surface area contributed by atoms with Gasteiger partial charge in [0.25, 0.3) is 0 Å². The summed E-state index contributed by atoms with van der Waals surface area (Å²) < 4.78 is 2.00. The maximum atomic E-state index is 11.8. The van der Waals surface area contributed by atoms with E-state index in [-0.39, 0.29) is 5.91 Å². The molecule has 0 aliphatic rings. The first-order valence-electron chi connectivity index (χ1n) is 7.56. The van der Waals surface area contributed by atoms with Crippen molar-refractivity contribution in [1.82, 2.24) is 20.1 Å². The van der Waals surface area contributed by atoms with Gasteiger partial charge in [0.15, 0.2) is 5.16 Å². The molecule has 2 rings (SSSR count). The molecule has 0 saturated carbocycles. The lowest BCUT2D eigenvalue weighted by molar-refractivity contribution is -0.116. The van der Waals surface area contributed by atoms with Crippen LogP contribution in [0, 0.1) is 5.92 Å². The molecule has 2 aromatic rings. The average molecular weight is 351 g/mol. The Balaban J connectivity index is 1.76. The Morgan fingerprint density at radius 1 is 1.48 bits per heavy atom. The van der Waals surface area contributed by atoms with Crippen LogP contribution >= 0.6 is 23.1 Å². The van der Waals surface area contributed by atoms with Crippen LogP contribution in [-0.2, 0) is 18.3 Å². The van der Waals surface area contributed by atoms with Gasteiger partial charge < -0.3 is 9.88 Å². The van der Waals surface area contributed by atoms with E-state index in [9.17, 15) is 4.79 Å². The normalized spacial score (nSPS) is 11.5. The fraction of sp³-hybridized carbons (Fsp3) is 0.438. The van der Waals surface area contributed by atoms with Crippen molar-refractivity contribution in [1.29, 1.82) is 0 Å². The van der Waals surface area contributed by atoms with Gasteiger partial charge in [-0.3, -0.25) is 4.79 Å². The SMILES string of the molecule is CC(C)CSc1nnc(CCNC(=O)/C=C/c2cccs2)n1C. The van der Waals surface area contributed by atoms with Crippen LogP contribution in [0.2, 0.25) is 0 Å². The number of hydrogen-bond acceptors (Lipinski definition) is 5. The smallest absolute Gasteiger partial charge is 0.244 e. The minimum Gasteiger partial charge on any atom is -0.352 e. The number of carbonyl (C=O) groups excluding carboxylic acids is 1. The van der Waals surface area contributed by atoms with E-state index in [1.54, 1.807) is 29.2 Å². The number of carbonyl (C=O) groups is 1. The summed E-state index contributed by atoms with van der Waals surface area (Å²) in [6.45, 7) is 4.92. The molecular formula is C16H22N4OS2. The van der Waals surface area contributed by atoms with Crippen LogP contribution in [0.25, 0.3) is 6.08 Å². The third-order valence-electron chi connectivity index (χ3n) is 3.06. The average Bonchev–Trinajstić information content (AvgIpc) is 3.14. The van der Waals surface area contributed by atoms with Gasteiger partial charge in [0.2, 0.25) is 5.91 Å². The molecule has 1 N–H and O–H groups in total. The number of amides is 1. The zero-order valence-corrected chi connectivity index (χ0v) is 15.3. The lowest BCUT2D eigenvalue weighted by Gasteiger charge is -2.05. The zero-order chi connectivity index (χ0) is 16.7. The van der Waals surface area contributed by atoms with Crippen molar-refractivity contribution in [2.24, 2.45) is 13.0 Å². The molecule has 1 amide bonds. The summed E-state index contributed by atoms with van der Waals surface area (Å²) in [5.41, 5.74) is 0. The van der Waals surface area contributed by atoms with Crippen molar-refractivity contribution >= 4 is 35.1 Å². The van der Waals surface area contributed by atoms with E-state index >= 15 is 0 Å². The Hall–Kier alpha value is -1.60. The molecular weight excluding hydrogens is 328 g/mol. The molecule has 2 heterocycles. The lowest BCUT2D eigenvalue weighted by atomic mass is 10.3. The van der Waals surface area contributed by atoms with Crippen LogP contribution in [0.5, 0.6) is 0 Å². The minimum absolute atomic E-state index is 0.0880. The standard InChI is InChI=1S/C16H22N4OS2/c1-12(2)11-23-16-19-18-14(20(16)3)8-9-17-15(21)7-6-13-5-4-10-22-13/h4-7,10,12H,8-9,11H2,1-3H3,(H,17,21)/b7-6+. The monoisotopic (exact) mass is 350 g/mol. The number of rotatable bonds is 8. The molecule has 0 aliphatic carbocycles. The Bertz CT molecular complexity index is 647. The molecule has 0 radical (unpaired) electrons. The summed E-state index contributed by atoms with van der Waals surface area (Å²) >= 11 is 3.32. The van der Waals surface area contributed by atoms with Crippen molar-refractivity contribution in [2.75, 3.05) is 12.3 Å². The highest BCUT2D eigenvalue weighted by Gasteiger charge is 2.09. The first-order chi connectivity index (χ1) is 11.1. The fourth-order valence-electron chi connectivity index (χ4n) is 1.83. The second-order valence-corrected chi connectivity index (χ2v) is 7.52. The molecule has 0 bridgehead atoms. The van der Waals surface area contributed by atoms with Crippen LogP contribution in [0.1, 0.15) is 24.5 Å². The van der Waals surface area contributed by atoms with Gasteiger partial charge >= 0.3 is 0 Å². The van der Waals surface area contributed by atoms with Crippen molar-refractivity contribution in [3.8, 4) is 0 Å². The van der Waals surface area contributed by atoms with Crippen LogP contribution in [0.3, 0.4) is 0 Å². The van der Waals surface area contributed by atoms with Crippen LogP contribution in [0.4, 0.5) is 0 Å². The zero-order valence-electron chi connectivity index (χ0n) is 13.7. The first kappa shape index (κ1) is 17.7. The Kier molecular flexibility index (Phi) is 6.85. The van der Waals surface area contributed by atoms with E-state index in [2.05, 4.69) is 29.4 Å². The summed E-state index contributed by atoms with van der Waals surface area (Å²) in [5.74, 6) is 2.44. The molecule has 0 aliphatic heterocycles. The molecule has 0 aromatic carbocycles. The second kappa shape index (κ2) is 8.88. The highest BCUT2D eigenvalue weighted by atomic mass is 32.2. The predicted octanol–water partition coefficient (Wildman–Crippen LogP) is 3.00. The molecule has 7 heteroatoms. The van der Waals surface area contributed by atoms with Gasteiger partial charge in [0, 0.05) is 36.7 Å². The topological polar surface area (TPSA) is 59.8 Å². The van der Waals surface area contributed by atoms with E-state index < -0.39 is 0 Å². The van der Waals surface area contributed by atoms with Crippen LogP contribution < -0.4 is 5.32 Å². The first-order valence-corrected chi connectivity index (χ1v) is 9.43. The lowest BCUT2D eigenvalue weighted by Crippen LogP contribution is -2.24. The van der Waals surface area contributed by atoms with Crippen LogP contribution in [-0.4, -0.2) is 33.0 Å². The molecule has 0 unspecified atom stereocenters. The van der Waals surface area contributed by atoms with Gasteiger partial charge in [0.1, 0.15) is 5.82 Å². The van der Waals surface area contributed by atoms with E-state index in [4.69, 9.17) is 0 Å². The molecule has 5 nitrogen and oxygen atoms in total. The Labute approximate surface area is 145 Å². The molecule has 124 valence electrons. The van der Waals surface area contributed by atoms with E-state index in [0.717, 1.165) is 21.6 Å². The van der Waals surface area contributed by atoms with Gasteiger partial charge in [0.05, 0.1) is 0 Å². The summed E-state index contributed by atoms with van der Waals surface area (Å²) in [6, 6.07) is 3.94. The summed E-state index contributed by atoms with van der Waals surface area (Å²) in [4.78, 5) is 12.8. The van der Waals surface area contributed by atoms with Crippen molar-refractivity contribution < 1.29 is 4.79 Å². The van der Waals surface area contributed by atoms with Gasteiger partial charge in [-0.1, -0.05) is 31.7 Å². The maximum absolute atomic E-state index is 11.8. The maximum Gasteiger partial charge on any atom is 0.244 e. The van der Waals surface area contributed by atoms with E-state index in [1.807, 2.05) is 35.2 Å². The Morgan fingerprint density at radius 2 is 2.30 bits per heavy atom. The minimum atomic E-state index is -0.0880. The number of thiophene rings is 1. The van der Waals surface area contributed by atoms with Gasteiger partial charge in [-0.25, -0.2) is 0 Å². The highest BCUT2D eigenvalue weighted by Crippen LogP contribution is 2.18. The number of nitrogens with one attached hydrogen (secondary N) is 1. The summed E-state index contributed by atoms with van der Waals surface area (Å²) in [7, 11) is 1.97. The van der Waals surface area contributed by atoms with E-state index in [0.29, 0.717) is 18.9 Å². The molecule has 0 atom stereocenters. The van der Waals surface area contributed by atoms with Gasteiger partial charge in [-0.15, -0.1) is 21.5 Å². The predicted molar refractivity (Wildman–Crippen MR) is 96.6 cm³/mol. The number of aromatic nitrogens is 3. The van der Waals surface area contributed by atoms with Crippen LogP contribution in [0.15, 0.2) is 28.7 Å². The summed E-state index contributed by atoms with van der Waals surface area (Å²) in [6.07, 6.45) is 4.06. The molecule has 0 fully saturated rings. The van der Waals surface area contributed by atoms with Crippen molar-refractivity contribution in [3.63, 3.8) is 0 Å². The molecule has 0 spiro atoms. The fourth-order valence-corrected chi connectivity index (χ4v) is 3.33. The Morgan fingerprint density at radius 3 is 3.00 bits per heavy atom.